The van der Waals surface area contributed by atoms with Gasteiger partial charge in [-0.05, 0) is 12.1 Å². The average molecular weight is 365 g/mol. The van der Waals surface area contributed by atoms with Crippen molar-refractivity contribution in [3.63, 3.8) is 0 Å². The SMILES string of the molecule is COCCOc1c(Cl)cc(NC(=O)N(C)CCC(=O)O)cc1Cl. The topological polar surface area (TPSA) is 88.1 Å². The molecule has 0 aliphatic carbocycles. The summed E-state index contributed by atoms with van der Waals surface area (Å²) in [6.07, 6.45) is -0.141. The summed E-state index contributed by atoms with van der Waals surface area (Å²) in [5.41, 5.74) is 0.381. The maximum absolute atomic E-state index is 11.9. The summed E-state index contributed by atoms with van der Waals surface area (Å²) >= 11 is 12.2. The zero-order valence-corrected chi connectivity index (χ0v) is 14.3. The lowest BCUT2D eigenvalue weighted by Crippen LogP contribution is -2.33. The number of anilines is 1. The van der Waals surface area contributed by atoms with Gasteiger partial charge in [-0.25, -0.2) is 4.79 Å². The molecule has 1 rings (SSSR count). The van der Waals surface area contributed by atoms with Crippen molar-refractivity contribution in [1.82, 2.24) is 4.90 Å². The summed E-state index contributed by atoms with van der Waals surface area (Å²) in [6, 6.07) is 2.53. The highest BCUT2D eigenvalue weighted by molar-refractivity contribution is 6.37. The number of carbonyl (C=O) groups excluding carboxylic acids is 1. The van der Waals surface area contributed by atoms with E-state index in [2.05, 4.69) is 5.32 Å². The predicted molar refractivity (Wildman–Crippen MR) is 87.7 cm³/mol. The number of carboxylic acids is 1. The molecule has 0 aliphatic rings. The Labute approximate surface area is 144 Å². The van der Waals surface area contributed by atoms with Crippen LogP contribution in [-0.4, -0.2) is 55.9 Å². The van der Waals surface area contributed by atoms with Gasteiger partial charge in [0.05, 0.1) is 23.1 Å². The highest BCUT2D eigenvalue weighted by Crippen LogP contribution is 2.36. The van der Waals surface area contributed by atoms with Crippen molar-refractivity contribution in [3.05, 3.63) is 22.2 Å². The lowest BCUT2D eigenvalue weighted by Gasteiger charge is -2.18. The van der Waals surface area contributed by atoms with Crippen LogP contribution in [0.15, 0.2) is 12.1 Å². The molecule has 0 saturated carbocycles. The van der Waals surface area contributed by atoms with Crippen LogP contribution in [-0.2, 0) is 9.53 Å². The third-order valence-corrected chi connectivity index (χ3v) is 3.35. The van der Waals surface area contributed by atoms with E-state index < -0.39 is 12.0 Å². The minimum Gasteiger partial charge on any atom is -0.488 e. The van der Waals surface area contributed by atoms with Gasteiger partial charge in [-0.3, -0.25) is 4.79 Å². The van der Waals surface area contributed by atoms with Crippen LogP contribution >= 0.6 is 23.2 Å². The maximum Gasteiger partial charge on any atom is 0.321 e. The second kappa shape index (κ2) is 9.44. The molecule has 0 radical (unpaired) electrons. The molecule has 1 aromatic rings. The number of nitrogens with zero attached hydrogens (tertiary/aromatic N) is 1. The number of hydrogen-bond donors (Lipinski definition) is 2. The molecular weight excluding hydrogens is 347 g/mol. The van der Waals surface area contributed by atoms with Crippen molar-refractivity contribution in [2.45, 2.75) is 6.42 Å². The van der Waals surface area contributed by atoms with Crippen LogP contribution in [0.4, 0.5) is 10.5 Å². The Morgan fingerprint density at radius 1 is 1.26 bits per heavy atom. The van der Waals surface area contributed by atoms with Crippen molar-refractivity contribution in [2.75, 3.05) is 39.2 Å². The molecule has 9 heteroatoms. The Kier molecular flexibility index (Phi) is 7.94. The minimum absolute atomic E-state index is 0.0842. The van der Waals surface area contributed by atoms with Crippen molar-refractivity contribution in [1.29, 1.82) is 0 Å². The van der Waals surface area contributed by atoms with Crippen LogP contribution in [0.25, 0.3) is 0 Å². The third-order valence-electron chi connectivity index (χ3n) is 2.79. The number of urea groups is 1. The number of carboxylic acid groups (broad SMARTS) is 1. The third kappa shape index (κ3) is 6.52. The fourth-order valence-corrected chi connectivity index (χ4v) is 2.18. The van der Waals surface area contributed by atoms with Gasteiger partial charge in [0.2, 0.25) is 0 Å². The molecule has 0 bridgehead atoms. The number of rotatable bonds is 8. The zero-order valence-electron chi connectivity index (χ0n) is 12.8. The largest absolute Gasteiger partial charge is 0.488 e. The van der Waals surface area contributed by atoms with E-state index in [1.807, 2.05) is 0 Å². The van der Waals surface area contributed by atoms with E-state index in [4.69, 9.17) is 37.8 Å². The molecule has 0 aliphatic heterocycles. The summed E-state index contributed by atoms with van der Waals surface area (Å²) < 4.78 is 10.3. The first kappa shape index (κ1) is 19.3. The van der Waals surface area contributed by atoms with E-state index in [9.17, 15) is 9.59 Å². The number of aliphatic carboxylic acids is 1. The molecule has 0 unspecified atom stereocenters. The van der Waals surface area contributed by atoms with Crippen molar-refractivity contribution < 1.29 is 24.2 Å². The van der Waals surface area contributed by atoms with Crippen molar-refractivity contribution in [2.24, 2.45) is 0 Å². The van der Waals surface area contributed by atoms with E-state index in [0.29, 0.717) is 24.7 Å². The van der Waals surface area contributed by atoms with Crippen LogP contribution < -0.4 is 10.1 Å². The van der Waals surface area contributed by atoms with Gasteiger partial charge in [-0.15, -0.1) is 0 Å². The Hall–Kier alpha value is -1.70. The molecule has 0 aromatic heterocycles. The van der Waals surface area contributed by atoms with Crippen LogP contribution in [0.1, 0.15) is 6.42 Å². The summed E-state index contributed by atoms with van der Waals surface area (Å²) in [7, 11) is 3.04. The van der Waals surface area contributed by atoms with E-state index in [1.54, 1.807) is 7.11 Å². The number of amides is 2. The van der Waals surface area contributed by atoms with Gasteiger partial charge in [0.25, 0.3) is 0 Å². The molecule has 0 fully saturated rings. The van der Waals surface area contributed by atoms with Crippen LogP contribution in [0, 0.1) is 0 Å². The van der Waals surface area contributed by atoms with Gasteiger partial charge in [0, 0.05) is 26.4 Å². The molecule has 2 N–H and O–H groups in total. The molecule has 2 amide bonds. The molecule has 0 spiro atoms. The van der Waals surface area contributed by atoms with Gasteiger partial charge in [-0.2, -0.15) is 0 Å². The smallest absolute Gasteiger partial charge is 0.321 e. The fraction of sp³-hybridized carbons (Fsp3) is 0.429. The average Bonchev–Trinajstić information content (AvgIpc) is 2.47. The Bertz CT molecular complexity index is 545. The predicted octanol–water partition coefficient (Wildman–Crippen LogP) is 2.96. The van der Waals surface area contributed by atoms with E-state index in [1.165, 1.54) is 24.1 Å². The normalized spacial score (nSPS) is 10.3. The number of methoxy groups -OCH3 is 1. The first-order valence-electron chi connectivity index (χ1n) is 6.69. The Morgan fingerprint density at radius 2 is 1.87 bits per heavy atom. The first-order chi connectivity index (χ1) is 10.8. The fourth-order valence-electron chi connectivity index (χ4n) is 1.58. The van der Waals surface area contributed by atoms with E-state index in [0.717, 1.165) is 0 Å². The molecule has 0 heterocycles. The number of benzene rings is 1. The zero-order chi connectivity index (χ0) is 17.4. The lowest BCUT2D eigenvalue weighted by atomic mass is 10.3. The molecule has 0 atom stereocenters. The Morgan fingerprint density at radius 3 is 2.39 bits per heavy atom. The molecule has 7 nitrogen and oxygen atoms in total. The number of nitrogens with one attached hydrogen (secondary N) is 1. The number of halogens is 2. The summed E-state index contributed by atoms with van der Waals surface area (Å²) in [4.78, 5) is 23.7. The monoisotopic (exact) mass is 364 g/mol. The number of carbonyl (C=O) groups is 2. The van der Waals surface area contributed by atoms with Gasteiger partial charge >= 0.3 is 12.0 Å². The summed E-state index contributed by atoms with van der Waals surface area (Å²) in [5, 5.41) is 11.7. The number of hydrogen-bond acceptors (Lipinski definition) is 4. The summed E-state index contributed by atoms with van der Waals surface area (Å²) in [6.45, 7) is 0.764. The number of ether oxygens (including phenoxy) is 2. The quantitative estimate of drug-likeness (QED) is 0.692. The molecule has 128 valence electrons. The maximum atomic E-state index is 11.9. The highest BCUT2D eigenvalue weighted by Gasteiger charge is 2.14. The standard InChI is InChI=1S/C14H18Cl2N2O5/c1-18(4-3-12(19)20)14(21)17-9-7-10(15)13(11(16)8-9)23-6-5-22-2/h7-8H,3-6H2,1-2H3,(H,17,21)(H,19,20). The van der Waals surface area contributed by atoms with Gasteiger partial charge in [0.15, 0.2) is 5.75 Å². The van der Waals surface area contributed by atoms with Crippen LogP contribution in [0.5, 0.6) is 5.75 Å². The van der Waals surface area contributed by atoms with E-state index in [-0.39, 0.29) is 23.0 Å². The van der Waals surface area contributed by atoms with Crippen molar-refractivity contribution >= 4 is 40.9 Å². The Balaban J connectivity index is 2.70. The lowest BCUT2D eigenvalue weighted by molar-refractivity contribution is -0.137. The summed E-state index contributed by atoms with van der Waals surface area (Å²) in [5.74, 6) is -0.670. The molecule has 0 saturated heterocycles. The molecule has 1 aromatic carbocycles. The van der Waals surface area contributed by atoms with Gasteiger partial charge < -0.3 is 24.8 Å². The molecular formula is C14H18Cl2N2O5. The van der Waals surface area contributed by atoms with Gasteiger partial charge in [-0.1, -0.05) is 23.2 Å². The second-order valence-electron chi connectivity index (χ2n) is 4.61. The molecule has 23 heavy (non-hydrogen) atoms. The second-order valence-corrected chi connectivity index (χ2v) is 5.42. The van der Waals surface area contributed by atoms with Crippen molar-refractivity contribution in [3.8, 4) is 5.75 Å². The van der Waals surface area contributed by atoms with E-state index >= 15 is 0 Å². The highest BCUT2D eigenvalue weighted by atomic mass is 35.5. The minimum atomic E-state index is -0.978. The van der Waals surface area contributed by atoms with Crippen LogP contribution in [0.3, 0.4) is 0 Å². The van der Waals surface area contributed by atoms with Crippen LogP contribution in [0.2, 0.25) is 10.0 Å². The van der Waals surface area contributed by atoms with Gasteiger partial charge in [0.1, 0.15) is 6.61 Å². The first-order valence-corrected chi connectivity index (χ1v) is 7.45.